The first-order valence-corrected chi connectivity index (χ1v) is 7.15. The normalized spacial score (nSPS) is 27.8. The van der Waals surface area contributed by atoms with E-state index < -0.39 is 0 Å². The fraction of sp³-hybridized carbons (Fsp3) is 0.600. The van der Waals surface area contributed by atoms with E-state index in [4.69, 9.17) is 5.73 Å². The lowest BCUT2D eigenvalue weighted by Crippen LogP contribution is -2.23. The van der Waals surface area contributed by atoms with E-state index in [1.165, 1.54) is 19.3 Å². The van der Waals surface area contributed by atoms with Gasteiger partial charge in [0.1, 0.15) is 5.52 Å². The molecule has 1 fully saturated rings. The molecule has 4 nitrogen and oxygen atoms in total. The number of nitrogens with two attached hydrogens (primary N) is 1. The Balaban J connectivity index is 2.08. The van der Waals surface area contributed by atoms with E-state index in [2.05, 4.69) is 28.4 Å². The van der Waals surface area contributed by atoms with Crippen LogP contribution in [0.15, 0.2) is 12.1 Å². The minimum Gasteiger partial charge on any atom is -0.369 e. The number of imidazole rings is 1. The van der Waals surface area contributed by atoms with Gasteiger partial charge in [-0.1, -0.05) is 13.8 Å². The van der Waals surface area contributed by atoms with Crippen LogP contribution in [0.3, 0.4) is 0 Å². The molecule has 0 spiro atoms. The maximum absolute atomic E-state index is 6.14. The minimum absolute atomic E-state index is 0.443. The Kier molecular flexibility index (Phi) is 2.96. The highest BCUT2D eigenvalue weighted by molar-refractivity contribution is 5.74. The Labute approximate surface area is 114 Å². The van der Waals surface area contributed by atoms with Gasteiger partial charge in [-0.2, -0.15) is 0 Å². The molecule has 2 aromatic rings. The lowest BCUT2D eigenvalue weighted by atomic mass is 9.80. The number of hydrogen-bond donors (Lipinski definition) is 1. The highest BCUT2D eigenvalue weighted by Crippen LogP contribution is 2.38. The Bertz CT molecular complexity index is 591. The summed E-state index contributed by atoms with van der Waals surface area (Å²) in [5.74, 6) is 2.10. The molecular weight excluding hydrogens is 236 g/mol. The van der Waals surface area contributed by atoms with Crippen LogP contribution in [0, 0.1) is 18.8 Å². The number of pyridine rings is 1. The molecule has 0 aromatic carbocycles. The summed E-state index contributed by atoms with van der Waals surface area (Å²) in [6.07, 6.45) is 3.67. The van der Waals surface area contributed by atoms with Crippen molar-refractivity contribution in [3.05, 3.63) is 17.8 Å². The molecular formula is C15H22N4. The van der Waals surface area contributed by atoms with Crippen LogP contribution in [-0.2, 0) is 0 Å². The van der Waals surface area contributed by atoms with Crippen molar-refractivity contribution in [3.63, 3.8) is 0 Å². The number of nitrogen functional groups attached to an aromatic ring is 1. The summed E-state index contributed by atoms with van der Waals surface area (Å²) in [6, 6.07) is 4.45. The Hall–Kier alpha value is -1.58. The van der Waals surface area contributed by atoms with Crippen molar-refractivity contribution >= 4 is 17.1 Å². The molecule has 0 bridgehead atoms. The molecule has 1 saturated carbocycles. The molecule has 2 unspecified atom stereocenters. The molecule has 2 N–H and O–H groups in total. The zero-order valence-corrected chi connectivity index (χ0v) is 11.9. The van der Waals surface area contributed by atoms with Gasteiger partial charge in [-0.3, -0.25) is 4.57 Å². The van der Waals surface area contributed by atoms with Gasteiger partial charge in [-0.15, -0.1) is 0 Å². The van der Waals surface area contributed by atoms with E-state index in [-0.39, 0.29) is 0 Å². The van der Waals surface area contributed by atoms with Crippen LogP contribution in [0.4, 0.5) is 5.95 Å². The predicted octanol–water partition coefficient (Wildman–Crippen LogP) is 3.32. The second-order valence-corrected chi connectivity index (χ2v) is 6.21. The maximum Gasteiger partial charge on any atom is 0.202 e. The summed E-state index contributed by atoms with van der Waals surface area (Å²) in [5, 5.41) is 0. The maximum atomic E-state index is 6.14. The number of fused-ring (bicyclic) bond motifs is 1. The van der Waals surface area contributed by atoms with E-state index in [1.807, 2.05) is 19.1 Å². The first-order chi connectivity index (χ1) is 9.04. The summed E-state index contributed by atoms with van der Waals surface area (Å²) >= 11 is 0. The van der Waals surface area contributed by atoms with Gasteiger partial charge in [0.25, 0.3) is 0 Å². The summed E-state index contributed by atoms with van der Waals surface area (Å²) < 4.78 is 2.16. The molecule has 19 heavy (non-hydrogen) atoms. The number of aromatic nitrogens is 3. The summed E-state index contributed by atoms with van der Waals surface area (Å²) in [7, 11) is 0. The minimum atomic E-state index is 0.443. The van der Waals surface area contributed by atoms with E-state index in [1.54, 1.807) is 0 Å². The van der Waals surface area contributed by atoms with Crippen LogP contribution >= 0.6 is 0 Å². The second-order valence-electron chi connectivity index (χ2n) is 6.21. The highest BCUT2D eigenvalue weighted by Gasteiger charge is 2.28. The van der Waals surface area contributed by atoms with Crippen molar-refractivity contribution in [1.29, 1.82) is 0 Å². The molecule has 0 saturated heterocycles. The number of rotatable bonds is 1. The van der Waals surface area contributed by atoms with Gasteiger partial charge in [-0.25, -0.2) is 9.97 Å². The third kappa shape index (κ3) is 2.20. The van der Waals surface area contributed by atoms with Gasteiger partial charge in [0, 0.05) is 11.7 Å². The van der Waals surface area contributed by atoms with Gasteiger partial charge >= 0.3 is 0 Å². The molecule has 1 aliphatic carbocycles. The van der Waals surface area contributed by atoms with Crippen molar-refractivity contribution in [2.75, 3.05) is 5.73 Å². The first-order valence-electron chi connectivity index (χ1n) is 7.15. The van der Waals surface area contributed by atoms with Crippen molar-refractivity contribution in [2.24, 2.45) is 11.8 Å². The molecule has 2 heterocycles. The van der Waals surface area contributed by atoms with Crippen molar-refractivity contribution in [1.82, 2.24) is 14.5 Å². The average Bonchev–Trinajstić information content (AvgIpc) is 2.63. The van der Waals surface area contributed by atoms with Crippen molar-refractivity contribution < 1.29 is 0 Å². The molecule has 102 valence electrons. The number of anilines is 1. The molecule has 0 radical (unpaired) electrons. The molecule has 4 heteroatoms. The smallest absolute Gasteiger partial charge is 0.202 e. The lowest BCUT2D eigenvalue weighted by molar-refractivity contribution is 0.226. The summed E-state index contributed by atoms with van der Waals surface area (Å²) in [6.45, 7) is 6.67. The van der Waals surface area contributed by atoms with Crippen LogP contribution in [0.1, 0.15) is 44.8 Å². The molecule has 3 rings (SSSR count). The van der Waals surface area contributed by atoms with E-state index >= 15 is 0 Å². The summed E-state index contributed by atoms with van der Waals surface area (Å²) in [5.41, 5.74) is 9.02. The van der Waals surface area contributed by atoms with E-state index in [0.29, 0.717) is 12.0 Å². The number of hydrogen-bond acceptors (Lipinski definition) is 3. The van der Waals surface area contributed by atoms with E-state index in [9.17, 15) is 0 Å². The fourth-order valence-corrected chi connectivity index (χ4v) is 3.56. The van der Waals surface area contributed by atoms with Gasteiger partial charge in [0.15, 0.2) is 5.65 Å². The Morgan fingerprint density at radius 3 is 2.47 bits per heavy atom. The Morgan fingerprint density at radius 2 is 1.79 bits per heavy atom. The quantitative estimate of drug-likeness (QED) is 0.853. The number of nitrogens with zero attached hydrogens (tertiary/aromatic N) is 3. The fourth-order valence-electron chi connectivity index (χ4n) is 3.56. The van der Waals surface area contributed by atoms with Gasteiger partial charge < -0.3 is 5.73 Å². The standard InChI is InChI=1S/C15H22N4/c1-9-6-10(2)8-12(7-9)19-14-13(18-15(19)16)5-4-11(3)17-14/h4-5,9-10,12H,6-8H2,1-3H3,(H2,16,18). The van der Waals surface area contributed by atoms with Crippen LogP contribution in [0.5, 0.6) is 0 Å². The van der Waals surface area contributed by atoms with Gasteiger partial charge in [0.2, 0.25) is 5.95 Å². The molecule has 0 amide bonds. The van der Waals surface area contributed by atoms with Gasteiger partial charge in [0.05, 0.1) is 0 Å². The summed E-state index contributed by atoms with van der Waals surface area (Å²) in [4.78, 5) is 9.10. The van der Waals surface area contributed by atoms with Crippen LogP contribution in [0.25, 0.3) is 11.2 Å². The van der Waals surface area contributed by atoms with Crippen LogP contribution in [-0.4, -0.2) is 14.5 Å². The van der Waals surface area contributed by atoms with Crippen LogP contribution < -0.4 is 5.73 Å². The van der Waals surface area contributed by atoms with Crippen LogP contribution in [0.2, 0.25) is 0 Å². The largest absolute Gasteiger partial charge is 0.369 e. The predicted molar refractivity (Wildman–Crippen MR) is 77.9 cm³/mol. The molecule has 2 aromatic heterocycles. The monoisotopic (exact) mass is 258 g/mol. The van der Waals surface area contributed by atoms with Crippen molar-refractivity contribution in [3.8, 4) is 0 Å². The third-order valence-electron chi connectivity index (χ3n) is 4.22. The average molecular weight is 258 g/mol. The third-order valence-corrected chi connectivity index (χ3v) is 4.22. The zero-order valence-electron chi connectivity index (χ0n) is 11.9. The van der Waals surface area contributed by atoms with E-state index in [0.717, 1.165) is 28.7 Å². The second kappa shape index (κ2) is 4.51. The SMILES string of the molecule is Cc1ccc2nc(N)n(C3CC(C)CC(C)C3)c2n1. The molecule has 2 atom stereocenters. The topological polar surface area (TPSA) is 56.7 Å². The number of aryl methyl sites for hydroxylation is 1. The first kappa shape index (κ1) is 12.5. The molecule has 1 aliphatic rings. The lowest BCUT2D eigenvalue weighted by Gasteiger charge is -2.32. The van der Waals surface area contributed by atoms with Gasteiger partial charge in [-0.05, 0) is 50.2 Å². The zero-order chi connectivity index (χ0) is 13.6. The molecule has 0 aliphatic heterocycles. The van der Waals surface area contributed by atoms with Crippen molar-refractivity contribution in [2.45, 2.75) is 46.1 Å². The Morgan fingerprint density at radius 1 is 1.11 bits per heavy atom. The highest BCUT2D eigenvalue weighted by atomic mass is 15.2.